The van der Waals surface area contributed by atoms with Crippen LogP contribution in [0.15, 0.2) is 53.4 Å². The third-order valence-electron chi connectivity index (χ3n) is 10.8. The van der Waals surface area contributed by atoms with E-state index in [1.165, 1.54) is 50.7 Å². The highest BCUT2D eigenvalue weighted by molar-refractivity contribution is 7.97. The smallest absolute Gasteiger partial charge is 0.416 e. The Hall–Kier alpha value is -2.27. The standard InChI is InChI=1S/C37H51F3N4O2S/c38-37(39,40)30-13-11-29(12-14-30)35(28-9-5-2-6-10-28)43-23-24-44(34(25-43)36(45)42-21-19-31(41)20-22-42)47-33-17-15-32(16-18-33)46-26-27-7-3-1-4-8-27/h11-18,27-28,31,34-35H,1-10,19-26,41H2. The number of amides is 1. The number of rotatable bonds is 9. The SMILES string of the molecule is NC1CCN(C(=O)C2CN(C(c3ccc(C(F)(F)F)cc3)C3CCCCC3)CCN2Sc2ccc(OCC3CCCCC3)cc2)CC1. The Kier molecular flexibility index (Phi) is 11.7. The van der Waals surface area contributed by atoms with Crippen molar-refractivity contribution in [2.45, 2.75) is 106 Å². The van der Waals surface area contributed by atoms with E-state index >= 15 is 0 Å². The summed E-state index contributed by atoms with van der Waals surface area (Å²) in [6, 6.07) is 13.8. The van der Waals surface area contributed by atoms with Crippen molar-refractivity contribution in [2.24, 2.45) is 17.6 Å². The van der Waals surface area contributed by atoms with Gasteiger partial charge in [0.1, 0.15) is 11.8 Å². The maximum Gasteiger partial charge on any atom is 0.416 e. The molecule has 1 amide bonds. The van der Waals surface area contributed by atoms with Crippen LogP contribution in [0.1, 0.15) is 94.2 Å². The van der Waals surface area contributed by atoms with Crippen molar-refractivity contribution in [2.75, 3.05) is 39.3 Å². The maximum absolute atomic E-state index is 14.2. The summed E-state index contributed by atoms with van der Waals surface area (Å²) in [5.74, 6) is 2.00. The fraction of sp³-hybridized carbons (Fsp3) is 0.649. The highest BCUT2D eigenvalue weighted by atomic mass is 32.2. The van der Waals surface area contributed by atoms with Gasteiger partial charge in [-0.05, 0) is 104 Å². The van der Waals surface area contributed by atoms with Crippen LogP contribution >= 0.6 is 11.9 Å². The molecule has 2 N–H and O–H groups in total. The van der Waals surface area contributed by atoms with E-state index in [-0.39, 0.29) is 24.0 Å². The topological polar surface area (TPSA) is 62.0 Å². The summed E-state index contributed by atoms with van der Waals surface area (Å²) in [6.45, 7) is 4.05. The molecule has 2 heterocycles. The number of carbonyl (C=O) groups excluding carboxylic acids is 1. The molecule has 2 aliphatic carbocycles. The second-order valence-electron chi connectivity index (χ2n) is 14.2. The summed E-state index contributed by atoms with van der Waals surface area (Å²) in [5.41, 5.74) is 6.49. The Morgan fingerprint density at radius 1 is 0.830 bits per heavy atom. The number of ether oxygens (including phenoxy) is 1. The molecule has 2 aromatic carbocycles. The normalized spacial score (nSPS) is 23.9. The highest BCUT2D eigenvalue weighted by Gasteiger charge is 2.41. The number of piperidine rings is 1. The molecule has 4 aliphatic rings. The van der Waals surface area contributed by atoms with Crippen molar-refractivity contribution in [3.63, 3.8) is 0 Å². The summed E-state index contributed by atoms with van der Waals surface area (Å²) in [4.78, 5) is 19.7. The second kappa shape index (κ2) is 16.0. The number of carbonyl (C=O) groups is 1. The zero-order valence-electron chi connectivity index (χ0n) is 27.5. The van der Waals surface area contributed by atoms with E-state index in [2.05, 4.69) is 21.3 Å². The molecule has 2 atom stereocenters. The van der Waals surface area contributed by atoms with E-state index in [1.807, 2.05) is 17.0 Å². The summed E-state index contributed by atoms with van der Waals surface area (Å²) < 4.78 is 48.7. The molecular weight excluding hydrogens is 621 g/mol. The molecule has 10 heteroatoms. The molecule has 6 rings (SSSR count). The monoisotopic (exact) mass is 672 g/mol. The molecule has 6 nitrogen and oxygen atoms in total. The van der Waals surface area contributed by atoms with Gasteiger partial charge in [-0.2, -0.15) is 13.2 Å². The van der Waals surface area contributed by atoms with Crippen molar-refractivity contribution in [3.8, 4) is 5.75 Å². The molecule has 2 aliphatic heterocycles. The first-order chi connectivity index (χ1) is 22.7. The first-order valence-electron chi connectivity index (χ1n) is 17.9. The Bertz CT molecular complexity index is 1270. The first kappa shape index (κ1) is 34.6. The average Bonchev–Trinajstić information content (AvgIpc) is 3.09. The molecule has 0 bridgehead atoms. The molecule has 4 fully saturated rings. The number of piperazine rings is 1. The lowest BCUT2D eigenvalue weighted by molar-refractivity contribution is -0.139. The Morgan fingerprint density at radius 2 is 1.47 bits per heavy atom. The summed E-state index contributed by atoms with van der Waals surface area (Å²) in [6.07, 6.45) is 9.24. The van der Waals surface area contributed by atoms with Gasteiger partial charge in [0.2, 0.25) is 5.91 Å². The van der Waals surface area contributed by atoms with Crippen molar-refractivity contribution >= 4 is 17.9 Å². The van der Waals surface area contributed by atoms with E-state index in [0.29, 0.717) is 38.0 Å². The Morgan fingerprint density at radius 3 is 2.11 bits per heavy atom. The van der Waals surface area contributed by atoms with E-state index in [9.17, 15) is 18.0 Å². The molecule has 2 unspecified atom stereocenters. The first-order valence-corrected chi connectivity index (χ1v) is 18.6. The van der Waals surface area contributed by atoms with Gasteiger partial charge in [0.05, 0.1) is 12.2 Å². The van der Waals surface area contributed by atoms with Gasteiger partial charge >= 0.3 is 6.18 Å². The minimum absolute atomic E-state index is 0.0181. The fourth-order valence-electron chi connectivity index (χ4n) is 8.08. The van der Waals surface area contributed by atoms with E-state index in [4.69, 9.17) is 10.5 Å². The van der Waals surface area contributed by atoms with Gasteiger partial charge in [0.25, 0.3) is 0 Å². The summed E-state index contributed by atoms with van der Waals surface area (Å²) >= 11 is 1.62. The Labute approximate surface area is 282 Å². The number of likely N-dealkylation sites (tertiary alicyclic amines) is 1. The molecule has 0 aromatic heterocycles. The van der Waals surface area contributed by atoms with Crippen LogP contribution < -0.4 is 10.5 Å². The summed E-state index contributed by atoms with van der Waals surface area (Å²) in [7, 11) is 0. The molecule has 2 saturated carbocycles. The highest BCUT2D eigenvalue weighted by Crippen LogP contribution is 2.42. The lowest BCUT2D eigenvalue weighted by Crippen LogP contribution is -2.59. The van der Waals surface area contributed by atoms with Crippen molar-refractivity contribution < 1.29 is 22.7 Å². The minimum atomic E-state index is -4.37. The molecule has 2 aromatic rings. The van der Waals surface area contributed by atoms with Crippen LogP contribution in [0.25, 0.3) is 0 Å². The third kappa shape index (κ3) is 9.05. The van der Waals surface area contributed by atoms with Gasteiger partial charge in [-0.1, -0.05) is 50.7 Å². The van der Waals surface area contributed by atoms with Gasteiger partial charge in [-0.15, -0.1) is 0 Å². The zero-order valence-corrected chi connectivity index (χ0v) is 28.3. The number of alkyl halides is 3. The molecule has 0 radical (unpaired) electrons. The van der Waals surface area contributed by atoms with Gasteiger partial charge in [-0.25, -0.2) is 4.31 Å². The van der Waals surface area contributed by atoms with E-state index in [0.717, 1.165) is 67.9 Å². The molecule has 47 heavy (non-hydrogen) atoms. The Balaban J connectivity index is 1.19. The van der Waals surface area contributed by atoms with Crippen molar-refractivity contribution in [3.05, 3.63) is 59.7 Å². The van der Waals surface area contributed by atoms with Crippen molar-refractivity contribution in [1.82, 2.24) is 14.1 Å². The van der Waals surface area contributed by atoms with E-state index in [1.54, 1.807) is 24.1 Å². The van der Waals surface area contributed by atoms with Crippen LogP contribution in [0.4, 0.5) is 13.2 Å². The molecular formula is C37H51F3N4O2S. The number of nitrogens with zero attached hydrogens (tertiary/aromatic N) is 3. The van der Waals surface area contributed by atoms with Crippen LogP contribution in [0.2, 0.25) is 0 Å². The quantitative estimate of drug-likeness (QED) is 0.273. The molecule has 2 saturated heterocycles. The van der Waals surface area contributed by atoms with Crippen LogP contribution in [-0.4, -0.2) is 71.4 Å². The van der Waals surface area contributed by atoms with Crippen LogP contribution in [-0.2, 0) is 11.0 Å². The number of halogens is 3. The number of hydrogen-bond donors (Lipinski definition) is 1. The molecule has 0 spiro atoms. The average molecular weight is 673 g/mol. The fourth-order valence-corrected chi connectivity index (χ4v) is 9.07. The van der Waals surface area contributed by atoms with Crippen molar-refractivity contribution in [1.29, 1.82) is 0 Å². The largest absolute Gasteiger partial charge is 0.493 e. The second-order valence-corrected chi connectivity index (χ2v) is 15.3. The lowest BCUT2D eigenvalue weighted by Gasteiger charge is -2.47. The minimum Gasteiger partial charge on any atom is -0.493 e. The molecule has 258 valence electrons. The van der Waals surface area contributed by atoms with Gasteiger partial charge in [-0.3, -0.25) is 9.69 Å². The lowest BCUT2D eigenvalue weighted by atomic mass is 9.79. The van der Waals surface area contributed by atoms with Gasteiger partial charge in [0.15, 0.2) is 0 Å². The van der Waals surface area contributed by atoms with Gasteiger partial charge in [0, 0.05) is 49.7 Å². The number of benzene rings is 2. The maximum atomic E-state index is 14.2. The number of hydrogen-bond acceptors (Lipinski definition) is 6. The van der Waals surface area contributed by atoms with Crippen LogP contribution in [0, 0.1) is 11.8 Å². The number of nitrogens with two attached hydrogens (primary N) is 1. The predicted molar refractivity (Wildman–Crippen MR) is 181 cm³/mol. The predicted octanol–water partition coefficient (Wildman–Crippen LogP) is 7.93. The van der Waals surface area contributed by atoms with Crippen LogP contribution in [0.3, 0.4) is 0 Å². The van der Waals surface area contributed by atoms with Crippen LogP contribution in [0.5, 0.6) is 5.75 Å². The zero-order chi connectivity index (χ0) is 32.8. The summed E-state index contributed by atoms with van der Waals surface area (Å²) in [5, 5.41) is 0. The van der Waals surface area contributed by atoms with Gasteiger partial charge < -0.3 is 15.4 Å². The third-order valence-corrected chi connectivity index (χ3v) is 12.0. The van der Waals surface area contributed by atoms with E-state index < -0.39 is 11.7 Å².